The van der Waals surface area contributed by atoms with Crippen LogP contribution in [0.1, 0.15) is 74.6 Å². The minimum Gasteiger partial charge on any atom is -0.339 e. The summed E-state index contributed by atoms with van der Waals surface area (Å²) in [4.78, 5) is 44.2. The zero-order valence-corrected chi connectivity index (χ0v) is 19.0. The number of fused-ring (bicyclic) bond motifs is 1. The molecule has 0 bridgehead atoms. The van der Waals surface area contributed by atoms with E-state index in [2.05, 4.69) is 4.90 Å². The number of likely N-dealkylation sites (tertiary alicyclic amines) is 2. The van der Waals surface area contributed by atoms with Crippen LogP contribution < -0.4 is 4.90 Å². The lowest BCUT2D eigenvalue weighted by atomic mass is 9.81. The second kappa shape index (κ2) is 9.24. The summed E-state index contributed by atoms with van der Waals surface area (Å²) in [5, 5.41) is 0. The van der Waals surface area contributed by atoms with E-state index in [-0.39, 0.29) is 17.9 Å². The Morgan fingerprint density at radius 3 is 2.53 bits per heavy atom. The molecule has 0 aromatic heterocycles. The Labute approximate surface area is 190 Å². The van der Waals surface area contributed by atoms with Gasteiger partial charge in [-0.3, -0.25) is 14.4 Å². The maximum Gasteiger partial charge on any atom is 0.253 e. The van der Waals surface area contributed by atoms with E-state index >= 15 is 0 Å². The Morgan fingerprint density at radius 1 is 0.906 bits per heavy atom. The predicted molar refractivity (Wildman–Crippen MR) is 123 cm³/mol. The fourth-order valence-electron chi connectivity index (χ4n) is 6.33. The summed E-state index contributed by atoms with van der Waals surface area (Å²) in [5.41, 5.74) is 1.49. The van der Waals surface area contributed by atoms with E-state index < -0.39 is 0 Å². The molecule has 1 saturated carbocycles. The van der Waals surface area contributed by atoms with Crippen molar-refractivity contribution < 1.29 is 14.4 Å². The monoisotopic (exact) mass is 437 g/mol. The normalized spacial score (nSPS) is 27.1. The highest BCUT2D eigenvalue weighted by Crippen LogP contribution is 2.34. The first-order chi connectivity index (χ1) is 15.6. The van der Waals surface area contributed by atoms with Crippen LogP contribution in [0.5, 0.6) is 0 Å². The smallest absolute Gasteiger partial charge is 0.253 e. The fraction of sp³-hybridized carbons (Fsp3) is 0.654. The summed E-state index contributed by atoms with van der Waals surface area (Å²) < 4.78 is 0. The molecule has 6 heteroatoms. The molecule has 1 aromatic rings. The van der Waals surface area contributed by atoms with Crippen molar-refractivity contribution in [3.05, 3.63) is 29.8 Å². The van der Waals surface area contributed by atoms with Crippen molar-refractivity contribution in [3.63, 3.8) is 0 Å². The average molecular weight is 438 g/mol. The SMILES string of the molecule is O=C(c1cccc(N2CCCC2=O)c1)N1CC[C@H]2[C@H](CCC(=O)N2CC2CCCCC2)C1. The highest BCUT2D eigenvalue weighted by molar-refractivity contribution is 5.99. The molecule has 32 heavy (non-hydrogen) atoms. The molecule has 0 radical (unpaired) electrons. The second-order valence-electron chi connectivity index (χ2n) is 10.2. The Hall–Kier alpha value is -2.37. The van der Waals surface area contributed by atoms with Crippen LogP contribution in [-0.4, -0.2) is 59.7 Å². The van der Waals surface area contributed by atoms with Gasteiger partial charge in [0.05, 0.1) is 0 Å². The number of hydrogen-bond acceptors (Lipinski definition) is 3. The third kappa shape index (κ3) is 4.28. The molecule has 0 spiro atoms. The van der Waals surface area contributed by atoms with Crippen molar-refractivity contribution >= 4 is 23.4 Å². The molecule has 172 valence electrons. The standard InChI is InChI=1S/C26H35N3O3/c30-24-10-5-14-28(24)22-9-4-8-20(16-22)26(32)27-15-13-23-21(18-27)11-12-25(31)29(23)17-19-6-2-1-3-7-19/h4,8-9,16,19,21,23H,1-3,5-7,10-15,17-18H2/t21-,23+/m1/s1. The molecule has 3 heterocycles. The van der Waals surface area contributed by atoms with Gasteiger partial charge in [0.1, 0.15) is 0 Å². The second-order valence-corrected chi connectivity index (χ2v) is 10.2. The zero-order valence-electron chi connectivity index (χ0n) is 19.0. The lowest BCUT2D eigenvalue weighted by molar-refractivity contribution is -0.141. The highest BCUT2D eigenvalue weighted by Gasteiger charge is 2.41. The van der Waals surface area contributed by atoms with E-state index in [1.165, 1.54) is 32.1 Å². The highest BCUT2D eigenvalue weighted by atomic mass is 16.2. The van der Waals surface area contributed by atoms with Crippen LogP contribution in [0, 0.1) is 11.8 Å². The summed E-state index contributed by atoms with van der Waals surface area (Å²) in [6.07, 6.45) is 10.3. The zero-order chi connectivity index (χ0) is 22.1. The van der Waals surface area contributed by atoms with Gasteiger partial charge in [-0.05, 0) is 62.1 Å². The Morgan fingerprint density at radius 2 is 1.75 bits per heavy atom. The van der Waals surface area contributed by atoms with E-state index in [0.29, 0.717) is 42.7 Å². The molecule has 6 nitrogen and oxygen atoms in total. The first-order valence-corrected chi connectivity index (χ1v) is 12.6. The van der Waals surface area contributed by atoms with Gasteiger partial charge in [-0.25, -0.2) is 0 Å². The van der Waals surface area contributed by atoms with Gasteiger partial charge in [0.2, 0.25) is 11.8 Å². The fourth-order valence-corrected chi connectivity index (χ4v) is 6.33. The van der Waals surface area contributed by atoms with Gasteiger partial charge in [-0.2, -0.15) is 0 Å². The minimum atomic E-state index is 0.0488. The summed E-state index contributed by atoms with van der Waals surface area (Å²) in [7, 11) is 0. The number of nitrogens with zero attached hydrogens (tertiary/aromatic N) is 3. The Bertz CT molecular complexity index is 879. The Kier molecular flexibility index (Phi) is 6.20. The third-order valence-corrected chi connectivity index (χ3v) is 8.09. The topological polar surface area (TPSA) is 60.9 Å². The number of anilines is 1. The largest absolute Gasteiger partial charge is 0.339 e. The molecular formula is C26H35N3O3. The van der Waals surface area contributed by atoms with Gasteiger partial charge >= 0.3 is 0 Å². The number of carbonyl (C=O) groups is 3. The minimum absolute atomic E-state index is 0.0488. The average Bonchev–Trinajstić information content (AvgIpc) is 3.27. The maximum atomic E-state index is 13.3. The van der Waals surface area contributed by atoms with Crippen molar-refractivity contribution in [1.29, 1.82) is 0 Å². The van der Waals surface area contributed by atoms with E-state index in [0.717, 1.165) is 44.6 Å². The molecule has 0 unspecified atom stereocenters. The van der Waals surface area contributed by atoms with Gasteiger partial charge in [-0.15, -0.1) is 0 Å². The third-order valence-electron chi connectivity index (χ3n) is 8.09. The molecule has 4 fully saturated rings. The molecule has 3 aliphatic heterocycles. The molecule has 2 atom stereocenters. The van der Waals surface area contributed by atoms with Gasteiger partial charge in [-0.1, -0.05) is 25.3 Å². The van der Waals surface area contributed by atoms with Crippen LogP contribution in [0.4, 0.5) is 5.69 Å². The van der Waals surface area contributed by atoms with Crippen molar-refractivity contribution in [2.24, 2.45) is 11.8 Å². The van der Waals surface area contributed by atoms with Crippen molar-refractivity contribution in [1.82, 2.24) is 9.80 Å². The van der Waals surface area contributed by atoms with E-state index in [1.54, 1.807) is 4.90 Å². The molecular weight excluding hydrogens is 402 g/mol. The first-order valence-electron chi connectivity index (χ1n) is 12.6. The lowest BCUT2D eigenvalue weighted by Gasteiger charge is -2.48. The van der Waals surface area contributed by atoms with Gasteiger partial charge < -0.3 is 14.7 Å². The molecule has 3 saturated heterocycles. The Balaban J connectivity index is 1.25. The van der Waals surface area contributed by atoms with Crippen molar-refractivity contribution in [2.75, 3.05) is 31.1 Å². The number of carbonyl (C=O) groups excluding carboxylic acids is 3. The number of benzene rings is 1. The quantitative estimate of drug-likeness (QED) is 0.719. The number of piperidine rings is 2. The number of amides is 3. The summed E-state index contributed by atoms with van der Waals surface area (Å²) >= 11 is 0. The predicted octanol–water partition coefficient (Wildman–Crippen LogP) is 3.85. The summed E-state index contributed by atoms with van der Waals surface area (Å²) in [6, 6.07) is 7.82. The molecule has 4 aliphatic rings. The van der Waals surface area contributed by atoms with Gasteiger partial charge in [0, 0.05) is 56.3 Å². The van der Waals surface area contributed by atoms with Crippen LogP contribution in [0.2, 0.25) is 0 Å². The van der Waals surface area contributed by atoms with Crippen LogP contribution in [0.25, 0.3) is 0 Å². The van der Waals surface area contributed by atoms with Crippen molar-refractivity contribution in [2.45, 2.75) is 70.3 Å². The van der Waals surface area contributed by atoms with Gasteiger partial charge in [0.15, 0.2) is 0 Å². The van der Waals surface area contributed by atoms with Crippen LogP contribution in [0.15, 0.2) is 24.3 Å². The van der Waals surface area contributed by atoms with Gasteiger partial charge in [0.25, 0.3) is 5.91 Å². The van der Waals surface area contributed by atoms with Crippen LogP contribution in [0.3, 0.4) is 0 Å². The molecule has 1 aromatic carbocycles. The summed E-state index contributed by atoms with van der Waals surface area (Å²) in [5.74, 6) is 1.53. The van der Waals surface area contributed by atoms with E-state index in [1.807, 2.05) is 29.2 Å². The number of rotatable bonds is 4. The summed E-state index contributed by atoms with van der Waals surface area (Å²) in [6.45, 7) is 3.07. The molecule has 1 aliphatic carbocycles. The van der Waals surface area contributed by atoms with E-state index in [4.69, 9.17) is 0 Å². The molecule has 0 N–H and O–H groups in total. The van der Waals surface area contributed by atoms with Crippen molar-refractivity contribution in [3.8, 4) is 0 Å². The molecule has 3 amide bonds. The maximum absolute atomic E-state index is 13.3. The van der Waals surface area contributed by atoms with E-state index in [9.17, 15) is 14.4 Å². The van der Waals surface area contributed by atoms with Crippen LogP contribution in [-0.2, 0) is 9.59 Å². The molecule has 5 rings (SSSR count). The number of hydrogen-bond donors (Lipinski definition) is 0. The first kappa shape index (κ1) is 21.5. The lowest BCUT2D eigenvalue weighted by Crippen LogP contribution is -2.57. The van der Waals surface area contributed by atoms with Crippen LogP contribution >= 0.6 is 0 Å².